The van der Waals surface area contributed by atoms with Crippen LogP contribution >= 0.6 is 0 Å². The van der Waals surface area contributed by atoms with E-state index < -0.39 is 0 Å². The van der Waals surface area contributed by atoms with Crippen molar-refractivity contribution in [3.8, 4) is 56.9 Å². The molecular weight excluding hydrogens is 927 g/mol. The molecule has 0 unspecified atom stereocenters. The molecule has 76 heavy (non-hydrogen) atoms. The van der Waals surface area contributed by atoms with Crippen molar-refractivity contribution in [2.45, 2.75) is 0 Å². The van der Waals surface area contributed by atoms with E-state index in [0.29, 0.717) is 17.7 Å². The van der Waals surface area contributed by atoms with Gasteiger partial charge in [0.25, 0.3) is 0 Å². The van der Waals surface area contributed by atoms with Crippen molar-refractivity contribution in [3.63, 3.8) is 0 Å². The van der Waals surface area contributed by atoms with Crippen LogP contribution in [0, 0.1) is 0 Å². The van der Waals surface area contributed by atoms with Crippen LogP contribution in [0.4, 0.5) is 0 Å². The highest BCUT2D eigenvalue weighted by atomic mass is 15.3. The van der Waals surface area contributed by atoms with Crippen LogP contribution in [-0.2, 0) is 0 Å². The largest absolute Gasteiger partial charge is 0.307 e. The van der Waals surface area contributed by atoms with Gasteiger partial charge >= 0.3 is 0 Å². The molecule has 0 radical (unpaired) electrons. The molecule has 16 aromatic rings. The Morgan fingerprint density at radius 2 is 0.553 bits per heavy atom. The van der Waals surface area contributed by atoms with Gasteiger partial charge in [-0.15, -0.1) is 0 Å². The Kier molecular flexibility index (Phi) is 9.20. The molecule has 354 valence electrons. The number of aromatic nitrogens is 7. The van der Waals surface area contributed by atoms with Crippen LogP contribution in [0.25, 0.3) is 144 Å². The Morgan fingerprint density at radius 1 is 0.237 bits per heavy atom. The number of fused-ring (bicyclic) bond motifs is 14. The summed E-state index contributed by atoms with van der Waals surface area (Å²) < 4.78 is 9.47. The molecule has 0 aliphatic rings. The van der Waals surface area contributed by atoms with Gasteiger partial charge in [0.1, 0.15) is 0 Å². The van der Waals surface area contributed by atoms with E-state index in [2.05, 4.69) is 273 Å². The first-order valence-corrected chi connectivity index (χ1v) is 25.8. The van der Waals surface area contributed by atoms with E-state index in [1.165, 1.54) is 0 Å². The molecule has 5 heterocycles. The molecule has 7 heteroatoms. The lowest BCUT2D eigenvalue weighted by Crippen LogP contribution is -2.11. The van der Waals surface area contributed by atoms with Crippen molar-refractivity contribution in [1.82, 2.24) is 33.2 Å². The monoisotopic (exact) mass is 969 g/mol. The minimum atomic E-state index is 0.514. The molecule has 5 aromatic heterocycles. The Morgan fingerprint density at radius 3 is 0.947 bits per heavy atom. The summed E-state index contributed by atoms with van der Waals surface area (Å²) in [5, 5.41) is 9.05. The maximum Gasteiger partial charge on any atom is 0.240 e. The average Bonchev–Trinajstić information content (AvgIpc) is 4.39. The summed E-state index contributed by atoms with van der Waals surface area (Å²) in [7, 11) is 0. The zero-order valence-electron chi connectivity index (χ0n) is 41.0. The normalized spacial score (nSPS) is 11.9. The van der Waals surface area contributed by atoms with Gasteiger partial charge in [0.15, 0.2) is 5.82 Å². The average molecular weight is 970 g/mol. The molecule has 0 N–H and O–H groups in total. The van der Waals surface area contributed by atoms with Gasteiger partial charge in [0, 0.05) is 60.0 Å². The van der Waals surface area contributed by atoms with Crippen molar-refractivity contribution in [1.29, 1.82) is 0 Å². The fourth-order valence-corrected chi connectivity index (χ4v) is 12.3. The molecule has 0 atom stereocenters. The molecule has 0 saturated carbocycles. The zero-order valence-corrected chi connectivity index (χ0v) is 41.0. The van der Waals surface area contributed by atoms with Gasteiger partial charge in [0.05, 0.1) is 44.1 Å². The van der Waals surface area contributed by atoms with E-state index in [9.17, 15) is 0 Å². The summed E-state index contributed by atoms with van der Waals surface area (Å²) in [4.78, 5) is 17.0. The van der Waals surface area contributed by atoms with Crippen molar-refractivity contribution < 1.29 is 0 Å². The third-order valence-electron chi connectivity index (χ3n) is 15.4. The first-order valence-electron chi connectivity index (χ1n) is 25.8. The number of para-hydroxylation sites is 6. The maximum absolute atomic E-state index is 5.82. The summed E-state index contributed by atoms with van der Waals surface area (Å²) in [6, 6.07) is 93.2. The maximum atomic E-state index is 5.82. The smallest absolute Gasteiger partial charge is 0.240 e. The summed E-state index contributed by atoms with van der Waals surface area (Å²) in [5.74, 6) is 1.60. The standard InChI is InChI=1S/C69H43N7/c1-6-24-44(25-7-1)53-42-55-49-34-16-20-38-57(49)75(63(55)65-61(53)51-36-18-22-40-59(51)73(65)47-30-12-4-13-31-47)68-70-67(46-28-10-3-11-29-46)71-69(72-68)76-58-39-21-17-35-50(58)56-43-54(45-26-8-2-9-27-45)62-52-37-19-23-41-60(52)74(66(62)64(56)76)48-32-14-5-15-33-48/h1-43H. The summed E-state index contributed by atoms with van der Waals surface area (Å²) in [6.07, 6.45) is 0. The van der Waals surface area contributed by atoms with Gasteiger partial charge in [-0.05, 0) is 82.9 Å². The van der Waals surface area contributed by atoms with Crippen molar-refractivity contribution in [2.24, 2.45) is 0 Å². The molecule has 11 aromatic carbocycles. The topological polar surface area (TPSA) is 58.4 Å². The molecule has 0 bridgehead atoms. The lowest BCUT2D eigenvalue weighted by molar-refractivity contribution is 0.893. The fourth-order valence-electron chi connectivity index (χ4n) is 12.3. The quantitative estimate of drug-likeness (QED) is 0.160. The van der Waals surface area contributed by atoms with Gasteiger partial charge in [-0.2, -0.15) is 15.0 Å². The highest BCUT2D eigenvalue weighted by Gasteiger charge is 2.29. The summed E-state index contributed by atoms with van der Waals surface area (Å²) >= 11 is 0. The second-order valence-corrected chi connectivity index (χ2v) is 19.5. The van der Waals surface area contributed by atoms with Crippen LogP contribution in [0.1, 0.15) is 0 Å². The highest BCUT2D eigenvalue weighted by Crippen LogP contribution is 2.48. The van der Waals surface area contributed by atoms with E-state index in [4.69, 9.17) is 15.0 Å². The zero-order chi connectivity index (χ0) is 49.8. The van der Waals surface area contributed by atoms with Crippen LogP contribution < -0.4 is 0 Å². The van der Waals surface area contributed by atoms with E-state index in [1.54, 1.807) is 0 Å². The van der Waals surface area contributed by atoms with E-state index in [1.807, 2.05) is 6.07 Å². The van der Waals surface area contributed by atoms with E-state index in [-0.39, 0.29) is 0 Å². The molecule has 16 rings (SSSR count). The SMILES string of the molecule is c1ccc(-c2nc(-n3c4ccccc4c4cc(-c5ccccc5)c5c6ccccc6n(-c6ccccc6)c5c43)nc(-n3c4ccccc4c4cc(-c5ccccc5)c5c6ccccc6n(-c6ccccc6)c5c43)n2)cc1. The minimum Gasteiger partial charge on any atom is -0.307 e. The van der Waals surface area contributed by atoms with Crippen LogP contribution in [0.2, 0.25) is 0 Å². The van der Waals surface area contributed by atoms with Crippen LogP contribution in [0.3, 0.4) is 0 Å². The first kappa shape index (κ1) is 42.2. The van der Waals surface area contributed by atoms with Crippen molar-refractivity contribution in [2.75, 3.05) is 0 Å². The fraction of sp³-hybridized carbons (Fsp3) is 0. The lowest BCUT2D eigenvalue weighted by Gasteiger charge is -2.16. The number of benzene rings is 11. The number of nitrogens with zero attached hydrogens (tertiary/aromatic N) is 7. The minimum absolute atomic E-state index is 0.514. The lowest BCUT2D eigenvalue weighted by atomic mass is 9.96. The molecule has 0 spiro atoms. The summed E-state index contributed by atoms with van der Waals surface area (Å²) in [5.41, 5.74) is 16.0. The molecular formula is C69H43N7. The first-order chi connectivity index (χ1) is 37.8. The summed E-state index contributed by atoms with van der Waals surface area (Å²) in [6.45, 7) is 0. The number of hydrogen-bond donors (Lipinski definition) is 0. The van der Waals surface area contributed by atoms with Crippen LogP contribution in [0.5, 0.6) is 0 Å². The van der Waals surface area contributed by atoms with Gasteiger partial charge < -0.3 is 9.13 Å². The third kappa shape index (κ3) is 6.14. The molecule has 0 saturated heterocycles. The molecule has 7 nitrogen and oxygen atoms in total. The predicted octanol–water partition coefficient (Wildman–Crippen LogP) is 17.3. The number of hydrogen-bond acceptors (Lipinski definition) is 3. The Hall–Kier alpha value is -10.4. The second kappa shape index (κ2) is 16.6. The molecule has 0 amide bonds. The van der Waals surface area contributed by atoms with Gasteiger partial charge in [-0.1, -0.05) is 200 Å². The van der Waals surface area contributed by atoms with Gasteiger partial charge in [0.2, 0.25) is 11.9 Å². The van der Waals surface area contributed by atoms with Crippen LogP contribution in [0.15, 0.2) is 261 Å². The third-order valence-corrected chi connectivity index (χ3v) is 15.4. The predicted molar refractivity (Wildman–Crippen MR) is 313 cm³/mol. The molecule has 0 aliphatic heterocycles. The Bertz CT molecular complexity index is 4660. The van der Waals surface area contributed by atoms with Crippen molar-refractivity contribution in [3.05, 3.63) is 261 Å². The molecule has 0 aliphatic carbocycles. The number of rotatable bonds is 7. The van der Waals surface area contributed by atoms with E-state index in [0.717, 1.165) is 126 Å². The second-order valence-electron chi connectivity index (χ2n) is 19.5. The Labute approximate surface area is 436 Å². The van der Waals surface area contributed by atoms with Crippen molar-refractivity contribution >= 4 is 87.2 Å². The van der Waals surface area contributed by atoms with E-state index >= 15 is 0 Å². The molecule has 0 fully saturated rings. The van der Waals surface area contributed by atoms with Gasteiger partial charge in [-0.25, -0.2) is 0 Å². The van der Waals surface area contributed by atoms with Gasteiger partial charge in [-0.3, -0.25) is 9.13 Å². The highest BCUT2D eigenvalue weighted by molar-refractivity contribution is 6.29. The van der Waals surface area contributed by atoms with Crippen LogP contribution in [-0.4, -0.2) is 33.2 Å². The Balaban J connectivity index is 1.11.